The van der Waals surface area contributed by atoms with Crippen molar-refractivity contribution in [2.24, 2.45) is 0 Å². The fourth-order valence-corrected chi connectivity index (χ4v) is 5.81. The summed E-state index contributed by atoms with van der Waals surface area (Å²) in [5.41, 5.74) is 3.01. The maximum Gasteiger partial charge on any atom is 0.263 e. The molecule has 0 bridgehead atoms. The standard InChI is InChI=1S/C21H24N4O2S2/c1-4-25-20(27)18-14-9-10-24(3)11-16(14)29-19(18)23-21(25)28-12-17(26)22-15-8-6-5-7-13(15)2/h5-8H,4,9-12H2,1-3H3,(H,22,26). The maximum atomic E-state index is 13.2. The van der Waals surface area contributed by atoms with E-state index in [9.17, 15) is 9.59 Å². The normalized spacial score (nSPS) is 14.2. The average Bonchev–Trinajstić information content (AvgIpc) is 3.05. The summed E-state index contributed by atoms with van der Waals surface area (Å²) < 4.78 is 1.69. The van der Waals surface area contributed by atoms with Crippen molar-refractivity contribution >= 4 is 44.9 Å². The van der Waals surface area contributed by atoms with Crippen LogP contribution < -0.4 is 10.9 Å². The van der Waals surface area contributed by atoms with Gasteiger partial charge in [-0.1, -0.05) is 30.0 Å². The predicted molar refractivity (Wildman–Crippen MR) is 120 cm³/mol. The van der Waals surface area contributed by atoms with Crippen LogP contribution in [-0.4, -0.2) is 39.7 Å². The molecule has 1 aliphatic heterocycles. The number of carbonyl (C=O) groups excluding carboxylic acids is 1. The highest BCUT2D eigenvalue weighted by Crippen LogP contribution is 2.33. The van der Waals surface area contributed by atoms with Gasteiger partial charge in [0.25, 0.3) is 5.56 Å². The van der Waals surface area contributed by atoms with Gasteiger partial charge in [0, 0.05) is 30.2 Å². The van der Waals surface area contributed by atoms with Crippen LogP contribution in [0.4, 0.5) is 5.69 Å². The Kier molecular flexibility index (Phi) is 5.76. The minimum Gasteiger partial charge on any atom is -0.325 e. The molecule has 0 aliphatic carbocycles. The van der Waals surface area contributed by atoms with Crippen LogP contribution >= 0.6 is 23.1 Å². The van der Waals surface area contributed by atoms with E-state index in [4.69, 9.17) is 4.98 Å². The quantitative estimate of drug-likeness (QED) is 0.498. The highest BCUT2D eigenvalue weighted by Gasteiger charge is 2.23. The van der Waals surface area contributed by atoms with Crippen molar-refractivity contribution in [3.63, 3.8) is 0 Å². The number of para-hydroxylation sites is 1. The van der Waals surface area contributed by atoms with Crippen LogP contribution in [-0.2, 0) is 24.3 Å². The first-order valence-electron chi connectivity index (χ1n) is 9.69. The van der Waals surface area contributed by atoms with Crippen molar-refractivity contribution in [3.05, 3.63) is 50.6 Å². The first-order chi connectivity index (χ1) is 14.0. The van der Waals surface area contributed by atoms with E-state index in [2.05, 4.69) is 17.3 Å². The van der Waals surface area contributed by atoms with Crippen molar-refractivity contribution in [2.45, 2.75) is 38.5 Å². The molecule has 152 valence electrons. The Balaban J connectivity index is 1.59. The Labute approximate surface area is 177 Å². The number of likely N-dealkylation sites (N-methyl/N-ethyl adjacent to an activating group) is 1. The molecule has 4 rings (SSSR count). The van der Waals surface area contributed by atoms with E-state index < -0.39 is 0 Å². The van der Waals surface area contributed by atoms with E-state index in [1.165, 1.54) is 16.6 Å². The molecule has 3 heterocycles. The van der Waals surface area contributed by atoms with Crippen molar-refractivity contribution < 1.29 is 4.79 Å². The third-order valence-corrected chi connectivity index (χ3v) is 7.27. The van der Waals surface area contributed by atoms with E-state index in [1.807, 2.05) is 38.1 Å². The third-order valence-electron chi connectivity index (χ3n) is 5.18. The first kappa shape index (κ1) is 20.1. The summed E-state index contributed by atoms with van der Waals surface area (Å²) in [6.07, 6.45) is 0.887. The predicted octanol–water partition coefficient (Wildman–Crippen LogP) is 3.51. The molecule has 1 aromatic carbocycles. The summed E-state index contributed by atoms with van der Waals surface area (Å²) in [5.74, 6) is 0.105. The highest BCUT2D eigenvalue weighted by atomic mass is 32.2. The molecule has 2 aromatic heterocycles. The van der Waals surface area contributed by atoms with Gasteiger partial charge in [-0.15, -0.1) is 11.3 Å². The summed E-state index contributed by atoms with van der Waals surface area (Å²) in [5, 5.41) is 4.32. The summed E-state index contributed by atoms with van der Waals surface area (Å²) >= 11 is 2.93. The lowest BCUT2D eigenvalue weighted by Crippen LogP contribution is -2.27. The number of thioether (sulfide) groups is 1. The van der Waals surface area contributed by atoms with E-state index in [1.54, 1.807) is 15.9 Å². The number of aryl methyl sites for hydroxylation is 1. The SMILES string of the molecule is CCn1c(SCC(=O)Nc2ccccc2C)nc2sc3c(c2c1=O)CCN(C)C3. The van der Waals surface area contributed by atoms with Crippen molar-refractivity contribution in [3.8, 4) is 0 Å². The Bertz CT molecular complexity index is 1140. The number of anilines is 1. The largest absolute Gasteiger partial charge is 0.325 e. The monoisotopic (exact) mass is 428 g/mol. The Morgan fingerprint density at radius 3 is 2.90 bits per heavy atom. The molecule has 0 atom stereocenters. The topological polar surface area (TPSA) is 67.2 Å². The van der Waals surface area contributed by atoms with Crippen molar-refractivity contribution in [1.29, 1.82) is 0 Å². The summed E-state index contributed by atoms with van der Waals surface area (Å²) in [7, 11) is 2.10. The van der Waals surface area contributed by atoms with Gasteiger partial charge in [0.05, 0.1) is 11.1 Å². The Morgan fingerprint density at radius 1 is 1.34 bits per heavy atom. The molecule has 0 unspecified atom stereocenters. The number of thiophene rings is 1. The van der Waals surface area contributed by atoms with Crippen LogP contribution in [0.2, 0.25) is 0 Å². The van der Waals surface area contributed by atoms with E-state index in [0.717, 1.165) is 46.5 Å². The lowest BCUT2D eigenvalue weighted by Gasteiger charge is -2.21. The number of hydrogen-bond acceptors (Lipinski definition) is 6. The second-order valence-corrected chi connectivity index (χ2v) is 9.29. The summed E-state index contributed by atoms with van der Waals surface area (Å²) in [6.45, 7) is 6.26. The number of benzene rings is 1. The molecule has 6 nitrogen and oxygen atoms in total. The minimum absolute atomic E-state index is 0.0152. The number of carbonyl (C=O) groups is 1. The molecule has 1 aliphatic rings. The molecule has 0 radical (unpaired) electrons. The van der Waals surface area contributed by atoms with E-state index in [0.29, 0.717) is 11.7 Å². The van der Waals surface area contributed by atoms with Gasteiger partial charge in [0.1, 0.15) is 4.83 Å². The van der Waals surface area contributed by atoms with Crippen LogP contribution in [0.3, 0.4) is 0 Å². The van der Waals surface area contributed by atoms with Crippen LogP contribution in [0.5, 0.6) is 0 Å². The van der Waals surface area contributed by atoms with Gasteiger partial charge in [0.15, 0.2) is 5.16 Å². The van der Waals surface area contributed by atoms with Crippen LogP contribution in [0.25, 0.3) is 10.2 Å². The molecule has 8 heteroatoms. The Hall–Kier alpha value is -2.16. The Morgan fingerprint density at radius 2 is 2.14 bits per heavy atom. The van der Waals surface area contributed by atoms with Gasteiger partial charge in [0.2, 0.25) is 5.91 Å². The number of nitrogens with one attached hydrogen (secondary N) is 1. The molecule has 1 amide bonds. The molecule has 0 saturated heterocycles. The van der Waals surface area contributed by atoms with Gasteiger partial charge < -0.3 is 10.2 Å². The molecule has 0 fully saturated rings. The maximum absolute atomic E-state index is 13.2. The number of rotatable bonds is 5. The zero-order valence-corrected chi connectivity index (χ0v) is 18.5. The average molecular weight is 429 g/mol. The van der Waals surface area contributed by atoms with Crippen LogP contribution in [0.15, 0.2) is 34.2 Å². The van der Waals surface area contributed by atoms with Gasteiger partial charge in [-0.25, -0.2) is 4.98 Å². The molecule has 0 spiro atoms. The zero-order valence-electron chi connectivity index (χ0n) is 16.8. The number of hydrogen-bond donors (Lipinski definition) is 1. The molecular weight excluding hydrogens is 404 g/mol. The first-order valence-corrected chi connectivity index (χ1v) is 11.5. The van der Waals surface area contributed by atoms with E-state index in [-0.39, 0.29) is 17.2 Å². The molecule has 1 N–H and O–H groups in total. The van der Waals surface area contributed by atoms with Gasteiger partial charge in [-0.2, -0.15) is 0 Å². The van der Waals surface area contributed by atoms with Crippen LogP contribution in [0, 0.1) is 6.92 Å². The smallest absolute Gasteiger partial charge is 0.263 e. The minimum atomic E-state index is -0.103. The number of aromatic nitrogens is 2. The van der Waals surface area contributed by atoms with Crippen molar-refractivity contribution in [1.82, 2.24) is 14.5 Å². The number of amides is 1. The summed E-state index contributed by atoms with van der Waals surface area (Å²) in [4.78, 5) is 34.7. The zero-order chi connectivity index (χ0) is 20.5. The highest BCUT2D eigenvalue weighted by molar-refractivity contribution is 7.99. The fourth-order valence-electron chi connectivity index (χ4n) is 3.60. The van der Waals surface area contributed by atoms with Gasteiger partial charge in [-0.3, -0.25) is 14.2 Å². The molecule has 29 heavy (non-hydrogen) atoms. The summed E-state index contributed by atoms with van der Waals surface area (Å²) in [6, 6.07) is 7.69. The molecule has 3 aromatic rings. The van der Waals surface area contributed by atoms with Gasteiger partial charge >= 0.3 is 0 Å². The number of nitrogens with zero attached hydrogens (tertiary/aromatic N) is 3. The van der Waals surface area contributed by atoms with Crippen molar-refractivity contribution in [2.75, 3.05) is 24.7 Å². The lowest BCUT2D eigenvalue weighted by molar-refractivity contribution is -0.113. The lowest BCUT2D eigenvalue weighted by atomic mass is 10.1. The van der Waals surface area contributed by atoms with Crippen LogP contribution in [0.1, 0.15) is 22.9 Å². The van der Waals surface area contributed by atoms with E-state index >= 15 is 0 Å². The second kappa shape index (κ2) is 8.30. The fraction of sp³-hybridized carbons (Fsp3) is 0.381. The third kappa shape index (κ3) is 3.97. The second-order valence-electron chi connectivity index (χ2n) is 7.27. The molecular formula is C21H24N4O2S2. The molecule has 0 saturated carbocycles. The number of fused-ring (bicyclic) bond motifs is 3. The van der Waals surface area contributed by atoms with Gasteiger partial charge in [-0.05, 0) is 44.5 Å².